The fourth-order valence-corrected chi connectivity index (χ4v) is 3.52. The number of carboxylic acids is 1. The van der Waals surface area contributed by atoms with Crippen LogP contribution in [-0.4, -0.2) is 42.0 Å². The zero-order valence-electron chi connectivity index (χ0n) is 10.2. The Morgan fingerprint density at radius 2 is 2.15 bits per heavy atom. The van der Waals surface area contributed by atoms with Gasteiger partial charge in [-0.15, -0.1) is 0 Å². The topological polar surface area (TPSA) is 124 Å². The average molecular weight is 301 g/mol. The molecule has 1 unspecified atom stereocenters. The van der Waals surface area contributed by atoms with E-state index in [0.717, 1.165) is 6.07 Å². The van der Waals surface area contributed by atoms with Crippen LogP contribution < -0.4 is 4.74 Å². The third-order valence-corrected chi connectivity index (χ3v) is 4.62. The molecule has 1 N–H and O–H groups in total. The fraction of sp³-hybridized carbons (Fsp3) is 0.364. The molecule has 1 heterocycles. The lowest BCUT2D eigenvalue weighted by atomic mass is 10.2. The Hall–Kier alpha value is -2.16. The van der Waals surface area contributed by atoms with E-state index < -0.39 is 32.5 Å². The van der Waals surface area contributed by atoms with E-state index in [9.17, 15) is 23.3 Å². The van der Waals surface area contributed by atoms with Crippen molar-refractivity contribution in [2.45, 2.75) is 12.5 Å². The highest BCUT2D eigenvalue weighted by atomic mass is 32.2. The third kappa shape index (κ3) is 3.05. The molecular formula is C11H11NO7S. The lowest BCUT2D eigenvalue weighted by Gasteiger charge is -2.12. The Balaban J connectivity index is 2.28. The number of aromatic carboxylic acids is 1. The molecule has 1 aromatic carbocycles. The molecule has 1 saturated heterocycles. The van der Waals surface area contributed by atoms with E-state index in [4.69, 9.17) is 9.84 Å². The molecule has 108 valence electrons. The van der Waals surface area contributed by atoms with Gasteiger partial charge in [-0.2, -0.15) is 0 Å². The SMILES string of the molecule is O=C(O)c1ccc(OC2CCS(=O)(=O)C2)c([N+](=O)[O-])c1. The highest BCUT2D eigenvalue weighted by molar-refractivity contribution is 7.91. The number of nitro groups is 1. The van der Waals surface area contributed by atoms with Gasteiger partial charge in [0.25, 0.3) is 0 Å². The number of hydrogen-bond donors (Lipinski definition) is 1. The van der Waals surface area contributed by atoms with Gasteiger partial charge in [0.05, 0.1) is 22.0 Å². The summed E-state index contributed by atoms with van der Waals surface area (Å²) in [6.45, 7) is 0. The van der Waals surface area contributed by atoms with E-state index in [1.165, 1.54) is 12.1 Å². The number of benzene rings is 1. The molecule has 1 atom stereocenters. The molecule has 20 heavy (non-hydrogen) atoms. The first-order valence-corrected chi connectivity index (χ1v) is 7.49. The van der Waals surface area contributed by atoms with Gasteiger partial charge >= 0.3 is 11.7 Å². The van der Waals surface area contributed by atoms with Crippen molar-refractivity contribution in [2.24, 2.45) is 0 Å². The first kappa shape index (κ1) is 14.3. The van der Waals surface area contributed by atoms with Crippen LogP contribution in [0.15, 0.2) is 18.2 Å². The van der Waals surface area contributed by atoms with Gasteiger partial charge in [0.1, 0.15) is 6.10 Å². The van der Waals surface area contributed by atoms with Crippen molar-refractivity contribution in [1.29, 1.82) is 0 Å². The molecule has 2 rings (SSSR count). The molecule has 8 nitrogen and oxygen atoms in total. The highest BCUT2D eigenvalue weighted by Crippen LogP contribution is 2.30. The zero-order chi connectivity index (χ0) is 14.9. The number of nitro benzene ring substituents is 1. The molecule has 0 aromatic heterocycles. The Labute approximate surface area is 114 Å². The second-order valence-corrected chi connectivity index (χ2v) is 6.62. The van der Waals surface area contributed by atoms with Crippen molar-refractivity contribution in [3.63, 3.8) is 0 Å². The smallest absolute Gasteiger partial charge is 0.335 e. The van der Waals surface area contributed by atoms with E-state index in [1.54, 1.807) is 0 Å². The number of rotatable bonds is 4. The standard InChI is InChI=1S/C11H11NO7S/c13-11(14)7-1-2-10(9(5-7)12(15)16)19-8-3-4-20(17,18)6-8/h1-2,5,8H,3-4,6H2,(H,13,14). The number of hydrogen-bond acceptors (Lipinski definition) is 6. The van der Waals surface area contributed by atoms with Crippen molar-refractivity contribution in [2.75, 3.05) is 11.5 Å². The molecule has 9 heteroatoms. The van der Waals surface area contributed by atoms with Crippen LogP contribution in [0.1, 0.15) is 16.8 Å². The summed E-state index contributed by atoms with van der Waals surface area (Å²) in [6, 6.07) is 3.24. The molecule has 0 bridgehead atoms. The van der Waals surface area contributed by atoms with Crippen molar-refractivity contribution in [3.05, 3.63) is 33.9 Å². The molecular weight excluding hydrogens is 290 g/mol. The molecule has 0 spiro atoms. The number of carboxylic acid groups (broad SMARTS) is 1. The number of sulfone groups is 1. The van der Waals surface area contributed by atoms with Gasteiger partial charge in [0, 0.05) is 6.07 Å². The van der Waals surface area contributed by atoms with Gasteiger partial charge in [0.15, 0.2) is 15.6 Å². The second-order valence-electron chi connectivity index (χ2n) is 4.39. The number of nitrogens with zero attached hydrogens (tertiary/aromatic N) is 1. The fourth-order valence-electron chi connectivity index (χ4n) is 1.93. The van der Waals surface area contributed by atoms with Crippen molar-refractivity contribution >= 4 is 21.5 Å². The van der Waals surface area contributed by atoms with Gasteiger partial charge < -0.3 is 9.84 Å². The summed E-state index contributed by atoms with van der Waals surface area (Å²) in [4.78, 5) is 20.9. The predicted octanol–water partition coefficient (Wildman–Crippen LogP) is 0.859. The third-order valence-electron chi connectivity index (χ3n) is 2.89. The number of ether oxygens (including phenoxy) is 1. The van der Waals surface area contributed by atoms with Gasteiger partial charge in [-0.1, -0.05) is 0 Å². The maximum Gasteiger partial charge on any atom is 0.335 e. The van der Waals surface area contributed by atoms with E-state index in [1.807, 2.05) is 0 Å². The summed E-state index contributed by atoms with van der Waals surface area (Å²) in [5.41, 5.74) is -0.725. The normalized spacial score (nSPS) is 20.5. The van der Waals surface area contributed by atoms with Crippen LogP contribution >= 0.6 is 0 Å². The Morgan fingerprint density at radius 3 is 2.65 bits per heavy atom. The summed E-state index contributed by atoms with van der Waals surface area (Å²) in [6.07, 6.45) is -0.380. The molecule has 0 radical (unpaired) electrons. The quantitative estimate of drug-likeness (QED) is 0.646. The highest BCUT2D eigenvalue weighted by Gasteiger charge is 2.31. The molecule has 1 aliphatic heterocycles. The van der Waals surface area contributed by atoms with Crippen LogP contribution in [0, 0.1) is 10.1 Å². The van der Waals surface area contributed by atoms with E-state index in [-0.39, 0.29) is 29.2 Å². The van der Waals surface area contributed by atoms with Crippen LogP contribution in [0.5, 0.6) is 5.75 Å². The minimum Gasteiger partial charge on any atom is -0.482 e. The van der Waals surface area contributed by atoms with Crippen molar-refractivity contribution < 1.29 is 28.0 Å². The van der Waals surface area contributed by atoms with Crippen LogP contribution in [-0.2, 0) is 9.84 Å². The lowest BCUT2D eigenvalue weighted by Crippen LogP contribution is -2.18. The first-order valence-electron chi connectivity index (χ1n) is 5.67. The molecule has 0 amide bonds. The summed E-state index contributed by atoms with van der Waals surface area (Å²) in [5, 5.41) is 19.7. The van der Waals surface area contributed by atoms with Gasteiger partial charge in [-0.3, -0.25) is 10.1 Å². The summed E-state index contributed by atoms with van der Waals surface area (Å²) >= 11 is 0. The zero-order valence-corrected chi connectivity index (χ0v) is 11.0. The summed E-state index contributed by atoms with van der Waals surface area (Å²) < 4.78 is 27.9. The maximum atomic E-state index is 11.3. The van der Waals surface area contributed by atoms with Crippen LogP contribution in [0.3, 0.4) is 0 Å². The minimum absolute atomic E-state index is 0.0152. The summed E-state index contributed by atoms with van der Waals surface area (Å²) in [7, 11) is -3.16. The van der Waals surface area contributed by atoms with Crippen molar-refractivity contribution in [3.8, 4) is 5.75 Å². The van der Waals surface area contributed by atoms with E-state index >= 15 is 0 Å². The lowest BCUT2D eigenvalue weighted by molar-refractivity contribution is -0.386. The first-order chi connectivity index (χ1) is 9.28. The van der Waals surface area contributed by atoms with Gasteiger partial charge in [0.2, 0.25) is 0 Å². The monoisotopic (exact) mass is 301 g/mol. The van der Waals surface area contributed by atoms with Crippen LogP contribution in [0.25, 0.3) is 0 Å². The Kier molecular flexibility index (Phi) is 3.62. The summed E-state index contributed by atoms with van der Waals surface area (Å²) in [5.74, 6) is -1.62. The van der Waals surface area contributed by atoms with Crippen molar-refractivity contribution in [1.82, 2.24) is 0 Å². The van der Waals surface area contributed by atoms with Gasteiger partial charge in [-0.25, -0.2) is 13.2 Å². The Bertz CT molecular complexity index is 667. The van der Waals surface area contributed by atoms with Crippen LogP contribution in [0.2, 0.25) is 0 Å². The molecule has 0 saturated carbocycles. The molecule has 1 fully saturated rings. The maximum absolute atomic E-state index is 11.3. The predicted molar refractivity (Wildman–Crippen MR) is 67.7 cm³/mol. The second kappa shape index (κ2) is 5.08. The van der Waals surface area contributed by atoms with Crippen LogP contribution in [0.4, 0.5) is 5.69 Å². The molecule has 1 aromatic rings. The van der Waals surface area contributed by atoms with E-state index in [0.29, 0.717) is 0 Å². The minimum atomic E-state index is -3.16. The largest absolute Gasteiger partial charge is 0.482 e. The average Bonchev–Trinajstić information content (AvgIpc) is 2.68. The molecule has 1 aliphatic rings. The molecule has 0 aliphatic carbocycles. The number of carbonyl (C=O) groups is 1. The van der Waals surface area contributed by atoms with Gasteiger partial charge in [-0.05, 0) is 18.6 Å². The van der Waals surface area contributed by atoms with E-state index in [2.05, 4.69) is 0 Å². The Morgan fingerprint density at radius 1 is 1.45 bits per heavy atom.